The predicted molar refractivity (Wildman–Crippen MR) is 233 cm³/mol. The Morgan fingerprint density at radius 3 is 1.70 bits per heavy atom. The molecule has 0 fully saturated rings. The number of nitrogens with one attached hydrogen (secondary N) is 1. The number of nitrogens with zero attached hydrogens (tertiary/aromatic N) is 3. The number of benzene rings is 9. The van der Waals surface area contributed by atoms with E-state index < -0.39 is 6.17 Å². The first-order valence-corrected chi connectivity index (χ1v) is 18.9. The Kier molecular flexibility index (Phi) is 7.49. The molecule has 2 heterocycles. The molecule has 1 unspecified atom stereocenters. The highest BCUT2D eigenvalue weighted by molar-refractivity contribution is 6.21. The Morgan fingerprint density at radius 1 is 0.464 bits per heavy atom. The summed E-state index contributed by atoms with van der Waals surface area (Å²) in [6.45, 7) is 0. The smallest absolute Gasteiger partial charge is 0.159 e. The van der Waals surface area contributed by atoms with Gasteiger partial charge in [0.05, 0.1) is 0 Å². The lowest BCUT2D eigenvalue weighted by Gasteiger charge is -2.26. The normalized spacial score (nSPS) is 14.2. The van der Waals surface area contributed by atoms with Gasteiger partial charge < -0.3 is 14.6 Å². The van der Waals surface area contributed by atoms with Crippen molar-refractivity contribution in [3.05, 3.63) is 211 Å². The maximum Gasteiger partial charge on any atom is 0.159 e. The first kappa shape index (κ1) is 32.0. The number of aliphatic imine (C=N–C) groups is 2. The first-order chi connectivity index (χ1) is 27.7. The van der Waals surface area contributed by atoms with E-state index in [1.165, 1.54) is 21.5 Å². The van der Waals surface area contributed by atoms with E-state index in [4.69, 9.17) is 14.4 Å². The van der Waals surface area contributed by atoms with Crippen molar-refractivity contribution in [2.45, 2.75) is 6.17 Å². The zero-order valence-corrected chi connectivity index (χ0v) is 30.3. The zero-order valence-electron chi connectivity index (χ0n) is 30.3. The lowest BCUT2D eigenvalue weighted by molar-refractivity contribution is 0.629. The Balaban J connectivity index is 1.13. The Hall–Kier alpha value is -7.50. The van der Waals surface area contributed by atoms with E-state index in [0.29, 0.717) is 5.84 Å². The number of hydrogen-bond donors (Lipinski definition) is 1. The second-order valence-electron chi connectivity index (χ2n) is 14.3. The van der Waals surface area contributed by atoms with Crippen LogP contribution in [0.25, 0.3) is 54.3 Å². The van der Waals surface area contributed by atoms with Crippen LogP contribution in [-0.4, -0.2) is 11.7 Å². The van der Waals surface area contributed by atoms with Crippen molar-refractivity contribution in [2.24, 2.45) is 9.98 Å². The van der Waals surface area contributed by atoms with Crippen LogP contribution in [0.5, 0.6) is 0 Å². The van der Waals surface area contributed by atoms with Crippen LogP contribution in [0.3, 0.4) is 0 Å². The van der Waals surface area contributed by atoms with Crippen molar-refractivity contribution >= 4 is 83.0 Å². The molecule has 1 aromatic heterocycles. The lowest BCUT2D eigenvalue weighted by Crippen LogP contribution is -2.33. The summed E-state index contributed by atoms with van der Waals surface area (Å²) in [6, 6.07) is 68.2. The Morgan fingerprint density at radius 2 is 1.02 bits per heavy atom. The highest BCUT2D eigenvalue weighted by atomic mass is 16.3. The highest BCUT2D eigenvalue weighted by Gasteiger charge is 2.26. The van der Waals surface area contributed by atoms with Crippen LogP contribution in [0.2, 0.25) is 0 Å². The molecule has 0 aliphatic carbocycles. The molecule has 0 saturated heterocycles. The van der Waals surface area contributed by atoms with Crippen LogP contribution < -0.4 is 10.2 Å². The topological polar surface area (TPSA) is 53.1 Å². The maximum absolute atomic E-state index is 6.92. The largest absolute Gasteiger partial charge is 0.456 e. The van der Waals surface area contributed by atoms with Crippen LogP contribution in [0.15, 0.2) is 209 Å². The Bertz CT molecular complexity index is 3100. The van der Waals surface area contributed by atoms with Crippen molar-refractivity contribution in [1.29, 1.82) is 0 Å². The zero-order chi connectivity index (χ0) is 37.0. The van der Waals surface area contributed by atoms with Crippen LogP contribution in [0.4, 0.5) is 17.1 Å². The average Bonchev–Trinajstić information content (AvgIpc) is 3.66. The molecule has 9 aromatic carbocycles. The molecule has 1 aliphatic rings. The number of amidine groups is 2. The van der Waals surface area contributed by atoms with Gasteiger partial charge in [-0.3, -0.25) is 0 Å². The molecule has 56 heavy (non-hydrogen) atoms. The van der Waals surface area contributed by atoms with Crippen molar-refractivity contribution in [3.63, 3.8) is 0 Å². The molecule has 0 saturated carbocycles. The minimum absolute atomic E-state index is 0.447. The standard InChI is InChI=1S/C51H34N4O/c1-3-15-35(16-4-1)49-52-50(36-17-5-2-6-18-36)54-51(53-49)45-31-39-21-11-12-22-43(39)47-44-32-42(27-28-46(44)56-48(45)47)55(40-25-23-33-13-7-9-19-37(33)29-40)41-26-24-34-14-8-10-20-38(34)30-41/h1-32,51H,(H,52,53,54). The van der Waals surface area contributed by atoms with E-state index in [1.54, 1.807) is 0 Å². The van der Waals surface area contributed by atoms with Gasteiger partial charge in [0.1, 0.15) is 17.0 Å². The number of hydrogen-bond acceptors (Lipinski definition) is 5. The Labute approximate surface area is 323 Å². The van der Waals surface area contributed by atoms with Gasteiger partial charge in [-0.2, -0.15) is 0 Å². The quantitative estimate of drug-likeness (QED) is 0.186. The fourth-order valence-corrected chi connectivity index (χ4v) is 8.13. The summed E-state index contributed by atoms with van der Waals surface area (Å²) in [4.78, 5) is 12.6. The summed E-state index contributed by atoms with van der Waals surface area (Å²) in [7, 11) is 0. The second-order valence-corrected chi connectivity index (χ2v) is 14.3. The van der Waals surface area contributed by atoms with Gasteiger partial charge in [-0.1, -0.05) is 146 Å². The summed E-state index contributed by atoms with van der Waals surface area (Å²) in [5.41, 5.74) is 7.74. The van der Waals surface area contributed by atoms with Gasteiger partial charge in [-0.15, -0.1) is 0 Å². The summed E-state index contributed by atoms with van der Waals surface area (Å²) in [5.74, 6) is 1.44. The summed E-state index contributed by atoms with van der Waals surface area (Å²) in [5, 5.41) is 12.8. The molecule has 5 nitrogen and oxygen atoms in total. The molecular weight excluding hydrogens is 685 g/mol. The fourth-order valence-electron chi connectivity index (χ4n) is 8.13. The predicted octanol–water partition coefficient (Wildman–Crippen LogP) is 13.0. The van der Waals surface area contributed by atoms with Gasteiger partial charge in [-0.05, 0) is 80.8 Å². The fraction of sp³-hybridized carbons (Fsp3) is 0.0196. The van der Waals surface area contributed by atoms with Crippen molar-refractivity contribution < 1.29 is 4.42 Å². The van der Waals surface area contributed by atoms with Crippen LogP contribution in [0.1, 0.15) is 22.9 Å². The molecule has 5 heteroatoms. The minimum atomic E-state index is -0.447. The van der Waals surface area contributed by atoms with E-state index in [9.17, 15) is 0 Å². The molecular formula is C51H34N4O. The van der Waals surface area contributed by atoms with E-state index in [0.717, 1.165) is 72.3 Å². The molecule has 1 atom stereocenters. The van der Waals surface area contributed by atoms with E-state index in [1.807, 2.05) is 36.4 Å². The third-order valence-corrected chi connectivity index (χ3v) is 10.8. The van der Waals surface area contributed by atoms with E-state index >= 15 is 0 Å². The molecule has 0 spiro atoms. The SMILES string of the molecule is c1ccc(C2=NC(c3cc4ccccc4c4c3oc3ccc(N(c5ccc6ccccc6c5)c5ccc6ccccc6c5)cc34)NC(c3ccccc3)=N2)cc1. The van der Waals surface area contributed by atoms with Crippen molar-refractivity contribution in [1.82, 2.24) is 5.32 Å². The number of fused-ring (bicyclic) bond motifs is 7. The van der Waals surface area contributed by atoms with Crippen LogP contribution in [0, 0.1) is 0 Å². The summed E-state index contributed by atoms with van der Waals surface area (Å²) in [6.07, 6.45) is -0.447. The van der Waals surface area contributed by atoms with E-state index in [2.05, 4.69) is 168 Å². The molecule has 1 N–H and O–H groups in total. The van der Waals surface area contributed by atoms with Gasteiger partial charge in [-0.25, -0.2) is 9.98 Å². The summed E-state index contributed by atoms with van der Waals surface area (Å²) >= 11 is 0. The lowest BCUT2D eigenvalue weighted by atomic mass is 9.98. The third kappa shape index (κ3) is 5.48. The molecule has 10 aromatic rings. The number of furan rings is 1. The van der Waals surface area contributed by atoms with Gasteiger partial charge >= 0.3 is 0 Å². The van der Waals surface area contributed by atoms with Crippen LogP contribution >= 0.6 is 0 Å². The van der Waals surface area contributed by atoms with Crippen molar-refractivity contribution in [3.8, 4) is 0 Å². The first-order valence-electron chi connectivity index (χ1n) is 18.9. The maximum atomic E-state index is 6.92. The average molecular weight is 719 g/mol. The molecule has 0 radical (unpaired) electrons. The molecule has 0 amide bonds. The number of anilines is 3. The summed E-state index contributed by atoms with van der Waals surface area (Å²) < 4.78 is 6.92. The molecule has 0 bridgehead atoms. The molecule has 264 valence electrons. The monoisotopic (exact) mass is 718 g/mol. The second kappa shape index (κ2) is 13.1. The van der Waals surface area contributed by atoms with Gasteiger partial charge in [0.2, 0.25) is 0 Å². The van der Waals surface area contributed by atoms with Gasteiger partial charge in [0.15, 0.2) is 12.0 Å². The minimum Gasteiger partial charge on any atom is -0.456 e. The molecule has 1 aliphatic heterocycles. The van der Waals surface area contributed by atoms with Crippen molar-refractivity contribution in [2.75, 3.05) is 4.90 Å². The van der Waals surface area contributed by atoms with Gasteiger partial charge in [0.25, 0.3) is 0 Å². The number of rotatable bonds is 6. The van der Waals surface area contributed by atoms with E-state index in [-0.39, 0.29) is 0 Å². The highest BCUT2D eigenvalue weighted by Crippen LogP contribution is 2.44. The molecule has 11 rings (SSSR count). The van der Waals surface area contributed by atoms with Gasteiger partial charge in [0, 0.05) is 44.5 Å². The third-order valence-electron chi connectivity index (χ3n) is 10.8. The van der Waals surface area contributed by atoms with Crippen LogP contribution in [-0.2, 0) is 0 Å².